The van der Waals surface area contributed by atoms with Crippen LogP contribution in [0, 0.1) is 12.8 Å². The second kappa shape index (κ2) is 4.79. The Balaban J connectivity index is 2.19. The monoisotopic (exact) mass is 231 g/mol. The fraction of sp³-hybridized carbons (Fsp3) is 0.357. The molecular formula is C14H17NS. The van der Waals surface area contributed by atoms with E-state index in [1.807, 2.05) is 6.92 Å². The summed E-state index contributed by atoms with van der Waals surface area (Å²) in [6.07, 6.45) is 1.15. The van der Waals surface area contributed by atoms with Crippen molar-refractivity contribution in [3.05, 3.63) is 40.2 Å². The van der Waals surface area contributed by atoms with Gasteiger partial charge in [-0.05, 0) is 24.8 Å². The third-order valence-electron chi connectivity index (χ3n) is 2.51. The lowest BCUT2D eigenvalue weighted by Crippen LogP contribution is -1.93. The van der Waals surface area contributed by atoms with Crippen molar-refractivity contribution < 1.29 is 0 Å². The Labute approximate surface area is 101 Å². The quantitative estimate of drug-likeness (QED) is 0.766. The van der Waals surface area contributed by atoms with E-state index in [9.17, 15) is 0 Å². The predicted molar refractivity (Wildman–Crippen MR) is 70.8 cm³/mol. The predicted octanol–water partition coefficient (Wildman–Crippen LogP) is 4.32. The third kappa shape index (κ3) is 2.70. The highest BCUT2D eigenvalue weighted by Crippen LogP contribution is 2.22. The Morgan fingerprint density at radius 1 is 1.19 bits per heavy atom. The van der Waals surface area contributed by atoms with Gasteiger partial charge in [0, 0.05) is 10.9 Å². The summed E-state index contributed by atoms with van der Waals surface area (Å²) in [5.74, 6) is 0.715. The summed E-state index contributed by atoms with van der Waals surface area (Å²) in [5.41, 5.74) is 3.72. The van der Waals surface area contributed by atoms with E-state index in [2.05, 4.69) is 48.5 Å². The Bertz CT molecular complexity index is 454. The number of hydrogen-bond donors (Lipinski definition) is 0. The highest BCUT2D eigenvalue weighted by atomic mass is 32.1. The summed E-state index contributed by atoms with van der Waals surface area (Å²) in [6, 6.07) is 8.77. The molecule has 0 saturated heterocycles. The summed E-state index contributed by atoms with van der Waals surface area (Å²) in [6.45, 7) is 6.54. The van der Waals surface area contributed by atoms with Crippen molar-refractivity contribution in [2.45, 2.75) is 27.2 Å². The van der Waals surface area contributed by atoms with Gasteiger partial charge in [0.2, 0.25) is 0 Å². The van der Waals surface area contributed by atoms with Gasteiger partial charge in [0.25, 0.3) is 0 Å². The maximum atomic E-state index is 4.49. The molecule has 84 valence electrons. The first kappa shape index (κ1) is 11.3. The molecule has 0 aliphatic carbocycles. The van der Waals surface area contributed by atoms with Gasteiger partial charge in [-0.3, -0.25) is 0 Å². The maximum Gasteiger partial charge on any atom is 0.0901 e. The Morgan fingerprint density at radius 3 is 2.38 bits per heavy atom. The van der Waals surface area contributed by atoms with Gasteiger partial charge in [-0.1, -0.05) is 38.1 Å². The van der Waals surface area contributed by atoms with E-state index in [0.29, 0.717) is 5.92 Å². The molecule has 0 bridgehead atoms. The SMILES string of the molecule is Cc1nc(-c2ccc(CC(C)C)cc2)cs1. The van der Waals surface area contributed by atoms with Crippen molar-refractivity contribution in [1.29, 1.82) is 0 Å². The summed E-state index contributed by atoms with van der Waals surface area (Å²) in [4.78, 5) is 4.49. The van der Waals surface area contributed by atoms with Crippen molar-refractivity contribution >= 4 is 11.3 Å². The molecule has 0 fully saturated rings. The Kier molecular flexibility index (Phi) is 3.39. The third-order valence-corrected chi connectivity index (χ3v) is 3.29. The Morgan fingerprint density at radius 2 is 1.88 bits per heavy atom. The Hall–Kier alpha value is -1.15. The number of aromatic nitrogens is 1. The number of hydrogen-bond acceptors (Lipinski definition) is 2. The number of rotatable bonds is 3. The lowest BCUT2D eigenvalue weighted by Gasteiger charge is -2.05. The number of thiazole rings is 1. The minimum atomic E-state index is 0.715. The summed E-state index contributed by atoms with van der Waals surface area (Å²) in [5, 5.41) is 3.24. The smallest absolute Gasteiger partial charge is 0.0901 e. The zero-order chi connectivity index (χ0) is 11.5. The first-order valence-electron chi connectivity index (χ1n) is 5.66. The van der Waals surface area contributed by atoms with Gasteiger partial charge in [-0.2, -0.15) is 0 Å². The molecule has 0 atom stereocenters. The first-order chi connectivity index (χ1) is 7.65. The van der Waals surface area contributed by atoms with Crippen molar-refractivity contribution in [2.24, 2.45) is 5.92 Å². The summed E-state index contributed by atoms with van der Waals surface area (Å²) >= 11 is 1.70. The number of benzene rings is 1. The summed E-state index contributed by atoms with van der Waals surface area (Å²) in [7, 11) is 0. The van der Waals surface area contributed by atoms with Crippen LogP contribution in [-0.2, 0) is 6.42 Å². The molecule has 2 heteroatoms. The molecule has 2 aromatic rings. The van der Waals surface area contributed by atoms with Gasteiger partial charge in [0.15, 0.2) is 0 Å². The molecule has 0 aliphatic rings. The van der Waals surface area contributed by atoms with Gasteiger partial charge < -0.3 is 0 Å². The van der Waals surface area contributed by atoms with Crippen molar-refractivity contribution in [3.8, 4) is 11.3 Å². The van der Waals surface area contributed by atoms with E-state index in [1.54, 1.807) is 11.3 Å². The topological polar surface area (TPSA) is 12.9 Å². The second-order valence-corrected chi connectivity index (χ2v) is 5.61. The fourth-order valence-corrected chi connectivity index (χ4v) is 2.40. The average molecular weight is 231 g/mol. The maximum absolute atomic E-state index is 4.49. The molecule has 1 nitrogen and oxygen atoms in total. The lowest BCUT2D eigenvalue weighted by molar-refractivity contribution is 0.647. The molecule has 0 radical (unpaired) electrons. The van der Waals surface area contributed by atoms with Gasteiger partial charge in [0.1, 0.15) is 0 Å². The minimum Gasteiger partial charge on any atom is -0.242 e. The minimum absolute atomic E-state index is 0.715. The molecule has 0 saturated carbocycles. The van der Waals surface area contributed by atoms with Gasteiger partial charge in [0.05, 0.1) is 10.7 Å². The van der Waals surface area contributed by atoms with Crippen LogP contribution in [0.25, 0.3) is 11.3 Å². The van der Waals surface area contributed by atoms with E-state index in [1.165, 1.54) is 11.1 Å². The van der Waals surface area contributed by atoms with E-state index < -0.39 is 0 Å². The molecule has 0 N–H and O–H groups in total. The molecule has 0 amide bonds. The molecule has 0 spiro atoms. The molecule has 1 aromatic heterocycles. The molecule has 0 unspecified atom stereocenters. The average Bonchev–Trinajstić information content (AvgIpc) is 2.65. The van der Waals surface area contributed by atoms with E-state index in [0.717, 1.165) is 17.1 Å². The van der Waals surface area contributed by atoms with E-state index in [-0.39, 0.29) is 0 Å². The van der Waals surface area contributed by atoms with Crippen molar-refractivity contribution in [2.75, 3.05) is 0 Å². The highest BCUT2D eigenvalue weighted by Gasteiger charge is 2.02. The zero-order valence-electron chi connectivity index (χ0n) is 10.0. The highest BCUT2D eigenvalue weighted by molar-refractivity contribution is 7.09. The molecule has 0 aliphatic heterocycles. The van der Waals surface area contributed by atoms with Crippen LogP contribution in [0.5, 0.6) is 0 Å². The van der Waals surface area contributed by atoms with Crippen LogP contribution >= 0.6 is 11.3 Å². The summed E-state index contributed by atoms with van der Waals surface area (Å²) < 4.78 is 0. The molecular weight excluding hydrogens is 214 g/mol. The number of nitrogens with zero attached hydrogens (tertiary/aromatic N) is 1. The second-order valence-electron chi connectivity index (χ2n) is 4.55. The number of aryl methyl sites for hydroxylation is 1. The van der Waals surface area contributed by atoms with Crippen LogP contribution in [0.4, 0.5) is 0 Å². The van der Waals surface area contributed by atoms with Gasteiger partial charge in [-0.15, -0.1) is 11.3 Å². The van der Waals surface area contributed by atoms with Crippen LogP contribution in [0.3, 0.4) is 0 Å². The zero-order valence-corrected chi connectivity index (χ0v) is 10.8. The first-order valence-corrected chi connectivity index (χ1v) is 6.54. The van der Waals surface area contributed by atoms with Crippen LogP contribution in [0.15, 0.2) is 29.6 Å². The molecule has 1 heterocycles. The normalized spacial score (nSPS) is 11.0. The van der Waals surface area contributed by atoms with E-state index >= 15 is 0 Å². The standard InChI is InChI=1S/C14H17NS/c1-10(2)8-12-4-6-13(7-5-12)14-9-16-11(3)15-14/h4-7,9-10H,8H2,1-3H3. The van der Waals surface area contributed by atoms with Crippen molar-refractivity contribution in [3.63, 3.8) is 0 Å². The van der Waals surface area contributed by atoms with Gasteiger partial charge >= 0.3 is 0 Å². The van der Waals surface area contributed by atoms with Crippen LogP contribution in [-0.4, -0.2) is 4.98 Å². The van der Waals surface area contributed by atoms with Crippen molar-refractivity contribution in [1.82, 2.24) is 4.98 Å². The molecule has 1 aromatic carbocycles. The molecule has 2 rings (SSSR count). The van der Waals surface area contributed by atoms with Gasteiger partial charge in [-0.25, -0.2) is 4.98 Å². The largest absolute Gasteiger partial charge is 0.242 e. The fourth-order valence-electron chi connectivity index (χ4n) is 1.78. The van der Waals surface area contributed by atoms with Crippen LogP contribution in [0.1, 0.15) is 24.4 Å². The molecule has 16 heavy (non-hydrogen) atoms. The van der Waals surface area contributed by atoms with Crippen LogP contribution in [0.2, 0.25) is 0 Å². The lowest BCUT2D eigenvalue weighted by atomic mass is 10.0. The van der Waals surface area contributed by atoms with Crippen LogP contribution < -0.4 is 0 Å². The van der Waals surface area contributed by atoms with E-state index in [4.69, 9.17) is 0 Å².